The number of aliphatic hydroxyl groups excluding tert-OH is 1. The van der Waals surface area contributed by atoms with E-state index in [0.29, 0.717) is 26.8 Å². The zero-order chi connectivity index (χ0) is 33.9. The Kier molecular flexibility index (Phi) is 8.57. The van der Waals surface area contributed by atoms with E-state index in [2.05, 4.69) is 9.97 Å². The van der Waals surface area contributed by atoms with Gasteiger partial charge in [0.1, 0.15) is 11.5 Å². The van der Waals surface area contributed by atoms with Crippen molar-refractivity contribution >= 4 is 47.5 Å². The van der Waals surface area contributed by atoms with Crippen LogP contribution in [0.5, 0.6) is 0 Å². The molecule has 0 bridgehead atoms. The normalized spacial score (nSPS) is 19.8. The first-order chi connectivity index (χ1) is 22.2. The van der Waals surface area contributed by atoms with Crippen LogP contribution >= 0.6 is 23.2 Å². The summed E-state index contributed by atoms with van der Waals surface area (Å²) < 4.78 is 37.1. The number of ether oxygens (including phenoxy) is 1. The van der Waals surface area contributed by atoms with Gasteiger partial charge in [-0.25, -0.2) is 9.37 Å². The topological polar surface area (TPSA) is 116 Å². The molecule has 1 saturated heterocycles. The van der Waals surface area contributed by atoms with Crippen LogP contribution < -0.4 is 5.46 Å². The smallest absolute Gasteiger partial charge is 0.399 e. The van der Waals surface area contributed by atoms with Crippen molar-refractivity contribution in [3.05, 3.63) is 111 Å². The van der Waals surface area contributed by atoms with Crippen LogP contribution in [0, 0.1) is 5.82 Å². The molecule has 0 aliphatic carbocycles. The lowest BCUT2D eigenvalue weighted by Gasteiger charge is -2.39. The molecule has 47 heavy (non-hydrogen) atoms. The van der Waals surface area contributed by atoms with E-state index < -0.39 is 48.2 Å². The van der Waals surface area contributed by atoms with E-state index in [0.717, 1.165) is 6.07 Å². The van der Waals surface area contributed by atoms with Crippen LogP contribution in [0.2, 0.25) is 10.0 Å². The summed E-state index contributed by atoms with van der Waals surface area (Å²) in [6.07, 6.45) is 4.39. The molecule has 4 heterocycles. The van der Waals surface area contributed by atoms with Crippen LogP contribution in [0.15, 0.2) is 61.2 Å². The van der Waals surface area contributed by atoms with Crippen LogP contribution in [0.25, 0.3) is 0 Å². The van der Waals surface area contributed by atoms with Gasteiger partial charge in [0.05, 0.1) is 59.1 Å². The van der Waals surface area contributed by atoms with Gasteiger partial charge in [0, 0.05) is 41.1 Å². The minimum atomic E-state index is -1.90. The summed E-state index contributed by atoms with van der Waals surface area (Å²) in [4.78, 5) is 37.9. The molecule has 14 heteroatoms. The van der Waals surface area contributed by atoms with Crippen LogP contribution in [-0.4, -0.2) is 67.8 Å². The largest absolute Gasteiger partial charge is 0.496 e. The Bertz CT molecular complexity index is 1870. The molecule has 2 aliphatic rings. The Hall–Kier alpha value is -3.65. The number of rotatable bonds is 9. The zero-order valence-electron chi connectivity index (χ0n) is 26.4. The second-order valence-electron chi connectivity index (χ2n) is 12.5. The van der Waals surface area contributed by atoms with Gasteiger partial charge in [-0.1, -0.05) is 35.3 Å². The highest BCUT2D eigenvalue weighted by atomic mass is 35.5. The number of aryl methyl sites for hydroxylation is 1. The highest BCUT2D eigenvalue weighted by Crippen LogP contribution is 2.48. The Morgan fingerprint density at radius 1 is 1.04 bits per heavy atom. The summed E-state index contributed by atoms with van der Waals surface area (Å²) in [5.41, 5.74) is -2.28. The number of aliphatic hydroxyl groups is 1. The molecule has 1 atom stereocenters. The molecule has 2 aliphatic heterocycles. The average molecular weight is 681 g/mol. The van der Waals surface area contributed by atoms with E-state index in [9.17, 15) is 14.7 Å². The Labute approximate surface area is 281 Å². The fourth-order valence-electron chi connectivity index (χ4n) is 5.88. The number of benzene rings is 2. The second-order valence-corrected chi connectivity index (χ2v) is 13.4. The molecule has 6 rings (SSSR count). The number of carbonyl (C=O) groups is 2. The monoisotopic (exact) mass is 680 g/mol. The molecule has 1 N–H and O–H groups in total. The van der Waals surface area contributed by atoms with Crippen LogP contribution in [0.3, 0.4) is 0 Å². The van der Waals surface area contributed by atoms with Crippen LogP contribution in [-0.2, 0) is 33.4 Å². The Morgan fingerprint density at radius 2 is 1.72 bits per heavy atom. The van der Waals surface area contributed by atoms with Crippen molar-refractivity contribution in [2.24, 2.45) is 7.05 Å². The SMILES string of the molecule is Cn1cnc(C(=O)c2cc(F)c3c(c2)C(=O)N(Cc2ncc(Cl)cc2B2OC(C)(C)C(C)(C)O2)C3(OCCO)c2ccc(Cl)cc2)c1. The standard InChI is InChI=1S/C33H32BCl2FN4O6/c1-31(2)32(3,4)47-34(46-31)24-14-22(36)15-38-26(24)17-41-30(44)23-12-19(29(43)27-16-40(5)18-39-27)13-25(37)28(23)33(41,45-11-10-42)20-6-8-21(35)9-7-20/h6-9,12-16,18,42H,10-11,17H2,1-5H3. The third kappa shape index (κ3) is 5.66. The van der Waals surface area contributed by atoms with E-state index in [1.54, 1.807) is 41.9 Å². The Morgan fingerprint density at radius 3 is 2.34 bits per heavy atom. The first-order valence-electron chi connectivity index (χ1n) is 14.9. The number of nitrogens with zero attached hydrogens (tertiary/aromatic N) is 4. The molecule has 0 spiro atoms. The molecule has 2 aromatic heterocycles. The van der Waals surface area contributed by atoms with Crippen molar-refractivity contribution in [1.29, 1.82) is 0 Å². The van der Waals surface area contributed by atoms with Gasteiger partial charge in [0.15, 0.2) is 5.72 Å². The maximum atomic E-state index is 16.6. The van der Waals surface area contributed by atoms with E-state index in [1.165, 1.54) is 29.7 Å². The van der Waals surface area contributed by atoms with Gasteiger partial charge in [0.2, 0.25) is 5.78 Å². The van der Waals surface area contributed by atoms with E-state index in [-0.39, 0.29) is 35.5 Å². The quantitative estimate of drug-likeness (QED) is 0.201. The lowest BCUT2D eigenvalue weighted by Crippen LogP contribution is -2.49. The molecule has 1 fully saturated rings. The minimum Gasteiger partial charge on any atom is -0.399 e. The molecular weight excluding hydrogens is 649 g/mol. The van der Waals surface area contributed by atoms with Gasteiger partial charge < -0.3 is 23.7 Å². The molecule has 1 unspecified atom stereocenters. The fraction of sp³-hybridized carbons (Fsp3) is 0.333. The molecule has 0 radical (unpaired) electrons. The summed E-state index contributed by atoms with van der Waals surface area (Å²) in [5, 5.41) is 10.6. The third-order valence-electron chi connectivity index (χ3n) is 8.91. The number of carbonyl (C=O) groups excluding carboxylic acids is 2. The van der Waals surface area contributed by atoms with Gasteiger partial charge in [-0.2, -0.15) is 0 Å². The number of ketones is 1. The van der Waals surface area contributed by atoms with Crippen molar-refractivity contribution in [1.82, 2.24) is 19.4 Å². The summed E-state index contributed by atoms with van der Waals surface area (Å²) in [6.45, 7) is 6.72. The van der Waals surface area contributed by atoms with Crippen molar-refractivity contribution in [3.8, 4) is 0 Å². The number of pyridine rings is 1. The summed E-state index contributed by atoms with van der Waals surface area (Å²) >= 11 is 12.6. The second kappa shape index (κ2) is 12.1. The molecule has 2 aromatic carbocycles. The summed E-state index contributed by atoms with van der Waals surface area (Å²) in [6, 6.07) is 10.5. The number of aromatic nitrogens is 3. The number of hydrogen-bond donors (Lipinski definition) is 1. The van der Waals surface area contributed by atoms with Gasteiger partial charge in [-0.05, 0) is 58.0 Å². The number of amides is 1. The number of hydrogen-bond acceptors (Lipinski definition) is 8. The first-order valence-corrected chi connectivity index (χ1v) is 15.6. The molecule has 1 amide bonds. The van der Waals surface area contributed by atoms with Crippen molar-refractivity contribution < 1.29 is 33.1 Å². The number of fused-ring (bicyclic) bond motifs is 1. The number of imidazole rings is 1. The summed E-state index contributed by atoms with van der Waals surface area (Å²) in [7, 11) is 0.819. The molecule has 10 nitrogen and oxygen atoms in total. The minimum absolute atomic E-state index is 0.0650. The lowest BCUT2D eigenvalue weighted by atomic mass is 9.77. The maximum Gasteiger partial charge on any atom is 0.496 e. The molecule has 244 valence electrons. The lowest BCUT2D eigenvalue weighted by molar-refractivity contribution is -0.120. The molecular formula is C33H32BCl2FN4O6. The van der Waals surface area contributed by atoms with Crippen LogP contribution in [0.1, 0.15) is 70.9 Å². The van der Waals surface area contributed by atoms with Gasteiger partial charge in [0.25, 0.3) is 5.91 Å². The van der Waals surface area contributed by atoms with E-state index in [4.69, 9.17) is 37.2 Å². The predicted octanol–water partition coefficient (Wildman–Crippen LogP) is 4.66. The molecule has 0 saturated carbocycles. The number of halogens is 3. The first kappa shape index (κ1) is 33.3. The van der Waals surface area contributed by atoms with Crippen molar-refractivity contribution in [2.45, 2.75) is 51.2 Å². The van der Waals surface area contributed by atoms with Gasteiger partial charge in [-0.3, -0.25) is 19.5 Å². The fourth-order valence-corrected chi connectivity index (χ4v) is 6.17. The van der Waals surface area contributed by atoms with Gasteiger partial charge >= 0.3 is 7.12 Å². The maximum absolute atomic E-state index is 16.6. The van der Waals surface area contributed by atoms with Crippen LogP contribution in [0.4, 0.5) is 4.39 Å². The summed E-state index contributed by atoms with van der Waals surface area (Å²) in [5.74, 6) is -2.06. The molecule has 4 aromatic rings. The van der Waals surface area contributed by atoms with E-state index in [1.807, 2.05) is 27.7 Å². The predicted molar refractivity (Wildman–Crippen MR) is 173 cm³/mol. The van der Waals surface area contributed by atoms with E-state index >= 15 is 4.39 Å². The van der Waals surface area contributed by atoms with Crippen molar-refractivity contribution in [2.75, 3.05) is 13.2 Å². The zero-order valence-corrected chi connectivity index (χ0v) is 27.9. The van der Waals surface area contributed by atoms with Crippen molar-refractivity contribution in [3.63, 3.8) is 0 Å². The third-order valence-corrected chi connectivity index (χ3v) is 9.37. The highest BCUT2D eigenvalue weighted by Gasteiger charge is 2.56. The average Bonchev–Trinajstić information content (AvgIpc) is 3.62. The Balaban J connectivity index is 1.53. The highest BCUT2D eigenvalue weighted by molar-refractivity contribution is 6.62. The van der Waals surface area contributed by atoms with Gasteiger partial charge in [-0.15, -0.1) is 0 Å².